The Balaban J connectivity index is 1.46. The van der Waals surface area contributed by atoms with Gasteiger partial charge in [-0.2, -0.15) is 0 Å². The predicted molar refractivity (Wildman–Crippen MR) is 137 cm³/mol. The summed E-state index contributed by atoms with van der Waals surface area (Å²) in [5, 5.41) is 2.77. The molecule has 0 saturated heterocycles. The van der Waals surface area contributed by atoms with E-state index in [1.54, 1.807) is 12.1 Å². The monoisotopic (exact) mass is 489 g/mol. The highest BCUT2D eigenvalue weighted by Gasteiger charge is 2.31. The molecule has 1 aliphatic heterocycles. The first-order valence-electron chi connectivity index (χ1n) is 11.4. The molecular weight excluding hydrogens is 462 g/mol. The Labute approximate surface area is 205 Å². The Bertz CT molecular complexity index is 1370. The van der Waals surface area contributed by atoms with Gasteiger partial charge in [0.25, 0.3) is 10.0 Å². The Morgan fingerprint density at radius 2 is 1.71 bits per heavy atom. The summed E-state index contributed by atoms with van der Waals surface area (Å²) in [5.74, 6) is -1.72. The molecule has 0 aliphatic carbocycles. The number of sulfonamides is 1. The van der Waals surface area contributed by atoms with Gasteiger partial charge in [-0.05, 0) is 53.8 Å². The highest BCUT2D eigenvalue weighted by atomic mass is 32.2. The Hall–Kier alpha value is -3.78. The minimum absolute atomic E-state index is 0.0714. The van der Waals surface area contributed by atoms with Crippen LogP contribution in [0.1, 0.15) is 41.3 Å². The third-order valence-corrected chi connectivity index (χ3v) is 7.24. The van der Waals surface area contributed by atoms with Gasteiger partial charge in [-0.25, -0.2) is 8.42 Å². The SMILES string of the molecule is CC(C)c1ccc(NS(=O)(=O)c2ccc3c(c2)C(=O)C(C(=O)NCCc2ccccc2)C=N3)cc1. The van der Waals surface area contributed by atoms with E-state index in [0.29, 0.717) is 30.3 Å². The summed E-state index contributed by atoms with van der Waals surface area (Å²) in [7, 11) is -3.94. The van der Waals surface area contributed by atoms with Gasteiger partial charge in [-0.3, -0.25) is 19.3 Å². The molecule has 1 amide bonds. The summed E-state index contributed by atoms with van der Waals surface area (Å²) in [6.07, 6.45) is 1.94. The van der Waals surface area contributed by atoms with Crippen molar-refractivity contribution in [1.82, 2.24) is 5.32 Å². The molecule has 4 rings (SSSR count). The van der Waals surface area contributed by atoms with Gasteiger partial charge in [-0.15, -0.1) is 0 Å². The Morgan fingerprint density at radius 1 is 1.00 bits per heavy atom. The molecule has 8 heteroatoms. The smallest absolute Gasteiger partial charge is 0.261 e. The van der Waals surface area contributed by atoms with Crippen molar-refractivity contribution in [3.63, 3.8) is 0 Å². The van der Waals surface area contributed by atoms with Crippen LogP contribution in [0.5, 0.6) is 0 Å². The van der Waals surface area contributed by atoms with Crippen LogP contribution in [0, 0.1) is 5.92 Å². The summed E-state index contributed by atoms with van der Waals surface area (Å²) < 4.78 is 28.5. The van der Waals surface area contributed by atoms with Crippen LogP contribution in [0.3, 0.4) is 0 Å². The number of hydrogen-bond acceptors (Lipinski definition) is 5. The molecule has 1 heterocycles. The molecule has 1 unspecified atom stereocenters. The highest BCUT2D eigenvalue weighted by molar-refractivity contribution is 7.92. The lowest BCUT2D eigenvalue weighted by Crippen LogP contribution is -2.38. The van der Waals surface area contributed by atoms with Gasteiger partial charge in [0.1, 0.15) is 5.92 Å². The quantitative estimate of drug-likeness (QED) is 0.455. The largest absolute Gasteiger partial charge is 0.355 e. The molecule has 3 aromatic rings. The van der Waals surface area contributed by atoms with Crippen molar-refractivity contribution in [2.75, 3.05) is 11.3 Å². The van der Waals surface area contributed by atoms with Crippen molar-refractivity contribution < 1.29 is 18.0 Å². The number of rotatable bonds is 8. The molecule has 2 N–H and O–H groups in total. The molecule has 35 heavy (non-hydrogen) atoms. The van der Waals surface area contributed by atoms with Gasteiger partial charge in [-0.1, -0.05) is 56.3 Å². The van der Waals surface area contributed by atoms with E-state index < -0.39 is 27.6 Å². The van der Waals surface area contributed by atoms with E-state index in [9.17, 15) is 18.0 Å². The van der Waals surface area contributed by atoms with Crippen molar-refractivity contribution in [3.8, 4) is 0 Å². The van der Waals surface area contributed by atoms with Crippen LogP contribution in [0.25, 0.3) is 0 Å². The van der Waals surface area contributed by atoms with Crippen molar-refractivity contribution in [2.24, 2.45) is 10.9 Å². The number of aliphatic imine (C=N–C) groups is 1. The molecule has 0 spiro atoms. The van der Waals surface area contributed by atoms with E-state index in [1.165, 1.54) is 24.4 Å². The fourth-order valence-electron chi connectivity index (χ4n) is 3.80. The molecule has 3 aromatic carbocycles. The highest BCUT2D eigenvalue weighted by Crippen LogP contribution is 2.30. The number of hydrogen-bond donors (Lipinski definition) is 2. The first-order chi connectivity index (χ1) is 16.7. The lowest BCUT2D eigenvalue weighted by atomic mass is 9.94. The zero-order valence-corrected chi connectivity index (χ0v) is 20.4. The van der Waals surface area contributed by atoms with Crippen LogP contribution in [0.15, 0.2) is 82.7 Å². The van der Waals surface area contributed by atoms with Crippen LogP contribution in [0.2, 0.25) is 0 Å². The van der Waals surface area contributed by atoms with Crippen molar-refractivity contribution in [2.45, 2.75) is 31.1 Å². The van der Waals surface area contributed by atoms with E-state index in [2.05, 4.69) is 28.9 Å². The first kappa shape index (κ1) is 24.3. The van der Waals surface area contributed by atoms with E-state index in [4.69, 9.17) is 0 Å². The van der Waals surface area contributed by atoms with Crippen LogP contribution < -0.4 is 10.0 Å². The van der Waals surface area contributed by atoms with Crippen molar-refractivity contribution in [3.05, 3.63) is 89.5 Å². The molecule has 0 fully saturated rings. The summed E-state index contributed by atoms with van der Waals surface area (Å²) in [6.45, 7) is 4.49. The molecule has 0 radical (unpaired) electrons. The maximum Gasteiger partial charge on any atom is 0.261 e. The summed E-state index contributed by atoms with van der Waals surface area (Å²) >= 11 is 0. The average Bonchev–Trinajstić information content (AvgIpc) is 2.85. The van der Waals surface area contributed by atoms with Gasteiger partial charge in [0.15, 0.2) is 5.78 Å². The van der Waals surface area contributed by atoms with Crippen LogP contribution in [-0.4, -0.2) is 32.9 Å². The van der Waals surface area contributed by atoms with Gasteiger partial charge in [0.05, 0.1) is 10.6 Å². The third kappa shape index (κ3) is 5.66. The van der Waals surface area contributed by atoms with Crippen LogP contribution in [0.4, 0.5) is 11.4 Å². The number of nitrogens with zero attached hydrogens (tertiary/aromatic N) is 1. The fraction of sp³-hybridized carbons (Fsp3) is 0.222. The zero-order valence-electron chi connectivity index (χ0n) is 19.6. The Morgan fingerprint density at radius 3 is 2.40 bits per heavy atom. The number of carbonyl (C=O) groups is 2. The molecule has 0 bridgehead atoms. The Kier molecular flexibility index (Phi) is 7.12. The van der Waals surface area contributed by atoms with Crippen molar-refractivity contribution >= 4 is 39.3 Å². The van der Waals surface area contributed by atoms with E-state index >= 15 is 0 Å². The summed E-state index contributed by atoms with van der Waals surface area (Å²) in [4.78, 5) is 29.9. The second-order valence-electron chi connectivity index (χ2n) is 8.71. The molecular formula is C27H27N3O4S. The van der Waals surface area contributed by atoms with Gasteiger partial charge in [0, 0.05) is 24.0 Å². The second kappa shape index (κ2) is 10.2. The minimum atomic E-state index is -3.94. The van der Waals surface area contributed by atoms with Crippen LogP contribution >= 0.6 is 0 Å². The molecule has 1 atom stereocenters. The number of carbonyl (C=O) groups excluding carboxylic acids is 2. The predicted octanol–water partition coefficient (Wildman–Crippen LogP) is 4.48. The number of amides is 1. The molecule has 0 aromatic heterocycles. The molecule has 1 aliphatic rings. The first-order valence-corrected chi connectivity index (χ1v) is 12.9. The van der Waals surface area contributed by atoms with Crippen LogP contribution in [-0.2, 0) is 21.2 Å². The number of anilines is 1. The maximum absolute atomic E-state index is 13.1. The third-order valence-electron chi connectivity index (χ3n) is 5.86. The number of fused-ring (bicyclic) bond motifs is 1. The molecule has 180 valence electrons. The average molecular weight is 490 g/mol. The standard InChI is InChI=1S/C27H27N3O4S/c1-18(2)20-8-10-21(11-9-20)30-35(33,34)22-12-13-25-23(16-22)26(31)24(17-29-25)27(32)28-15-14-19-6-4-3-5-7-19/h3-13,16-18,24,30H,14-15H2,1-2H3,(H,28,32). The van der Waals surface area contributed by atoms with Gasteiger partial charge < -0.3 is 5.32 Å². The summed E-state index contributed by atoms with van der Waals surface area (Å²) in [6, 6.07) is 21.0. The zero-order chi connectivity index (χ0) is 25.0. The molecule has 7 nitrogen and oxygen atoms in total. The molecule has 0 saturated carbocycles. The number of nitrogens with one attached hydrogen (secondary N) is 2. The van der Waals surface area contributed by atoms with Crippen molar-refractivity contribution in [1.29, 1.82) is 0 Å². The topological polar surface area (TPSA) is 105 Å². The van der Waals surface area contributed by atoms with E-state index in [-0.39, 0.29) is 10.5 Å². The number of ketones is 1. The van der Waals surface area contributed by atoms with Gasteiger partial charge >= 0.3 is 0 Å². The van der Waals surface area contributed by atoms with E-state index in [0.717, 1.165) is 11.1 Å². The minimum Gasteiger partial charge on any atom is -0.355 e. The lowest BCUT2D eigenvalue weighted by Gasteiger charge is -2.18. The fourth-order valence-corrected chi connectivity index (χ4v) is 4.89. The number of benzene rings is 3. The maximum atomic E-state index is 13.1. The normalized spacial score (nSPS) is 15.1. The van der Waals surface area contributed by atoms with E-state index in [1.807, 2.05) is 42.5 Å². The lowest BCUT2D eigenvalue weighted by molar-refractivity contribution is -0.121. The van der Waals surface area contributed by atoms with Gasteiger partial charge in [0.2, 0.25) is 5.91 Å². The summed E-state index contributed by atoms with van der Waals surface area (Å²) in [5.41, 5.74) is 3.03. The second-order valence-corrected chi connectivity index (χ2v) is 10.4. The number of Topliss-reactive ketones (excluding diaryl/α,β-unsaturated/α-hetero) is 1.